The molecule has 0 aromatic carbocycles. The third kappa shape index (κ3) is 4.09. The molecule has 1 amide bonds. The van der Waals surface area contributed by atoms with Crippen LogP contribution in [0, 0.1) is 5.92 Å². The zero-order valence-corrected chi connectivity index (χ0v) is 17.1. The van der Waals surface area contributed by atoms with Gasteiger partial charge in [0.25, 0.3) is 5.91 Å². The van der Waals surface area contributed by atoms with E-state index in [9.17, 15) is 4.79 Å². The lowest BCUT2D eigenvalue weighted by Crippen LogP contribution is -2.29. The quantitative estimate of drug-likeness (QED) is 0.646. The van der Waals surface area contributed by atoms with Gasteiger partial charge in [-0.25, -0.2) is 9.67 Å². The predicted octanol–water partition coefficient (Wildman–Crippen LogP) is 4.48. The Morgan fingerprint density at radius 2 is 2.07 bits per heavy atom. The van der Waals surface area contributed by atoms with E-state index in [1.165, 1.54) is 32.1 Å². The number of carbonyl (C=O) groups excluding carboxylic acids is 1. The number of nitrogens with zero attached hydrogens (tertiary/aromatic N) is 4. The summed E-state index contributed by atoms with van der Waals surface area (Å²) in [4.78, 5) is 21.7. The third-order valence-electron chi connectivity index (χ3n) is 5.86. The summed E-state index contributed by atoms with van der Waals surface area (Å²) < 4.78 is 1.86. The van der Waals surface area contributed by atoms with Gasteiger partial charge in [-0.05, 0) is 44.7 Å². The SMILES string of the molecule is CCn1ncc2c(NC(C)C3CCCCC3)c(C(=O)Nc3cccnc3)cnc21. The van der Waals surface area contributed by atoms with Crippen LogP contribution in [-0.4, -0.2) is 31.7 Å². The highest BCUT2D eigenvalue weighted by atomic mass is 16.1. The molecule has 7 nitrogen and oxygen atoms in total. The monoisotopic (exact) mass is 392 g/mol. The van der Waals surface area contributed by atoms with Crippen molar-refractivity contribution in [2.45, 2.75) is 58.5 Å². The van der Waals surface area contributed by atoms with Gasteiger partial charge in [0.05, 0.1) is 34.7 Å². The summed E-state index contributed by atoms with van der Waals surface area (Å²) in [5.74, 6) is 0.414. The molecule has 1 aliphatic rings. The lowest BCUT2D eigenvalue weighted by molar-refractivity contribution is 0.102. The lowest BCUT2D eigenvalue weighted by atomic mass is 9.84. The Morgan fingerprint density at radius 1 is 1.24 bits per heavy atom. The number of hydrogen-bond acceptors (Lipinski definition) is 5. The summed E-state index contributed by atoms with van der Waals surface area (Å²) in [5, 5.41) is 11.9. The molecule has 0 radical (unpaired) electrons. The largest absolute Gasteiger partial charge is 0.381 e. The summed E-state index contributed by atoms with van der Waals surface area (Å²) in [5.41, 5.74) is 2.80. The first-order valence-corrected chi connectivity index (χ1v) is 10.5. The van der Waals surface area contributed by atoms with Crippen molar-refractivity contribution in [2.24, 2.45) is 5.92 Å². The van der Waals surface area contributed by atoms with Crippen LogP contribution in [0.25, 0.3) is 11.0 Å². The number of carbonyl (C=O) groups is 1. The fourth-order valence-electron chi connectivity index (χ4n) is 4.20. The van der Waals surface area contributed by atoms with E-state index in [4.69, 9.17) is 0 Å². The third-order valence-corrected chi connectivity index (χ3v) is 5.86. The Labute approximate surface area is 170 Å². The van der Waals surface area contributed by atoms with Crippen molar-refractivity contribution in [3.8, 4) is 0 Å². The summed E-state index contributed by atoms with van der Waals surface area (Å²) in [7, 11) is 0. The first-order valence-electron chi connectivity index (χ1n) is 10.5. The van der Waals surface area contributed by atoms with Crippen LogP contribution in [0.4, 0.5) is 11.4 Å². The Morgan fingerprint density at radius 3 is 2.79 bits per heavy atom. The van der Waals surface area contributed by atoms with Crippen LogP contribution >= 0.6 is 0 Å². The summed E-state index contributed by atoms with van der Waals surface area (Å²) >= 11 is 0. The molecule has 152 valence electrons. The molecule has 4 rings (SSSR count). The molecule has 1 atom stereocenters. The maximum atomic E-state index is 13.1. The van der Waals surface area contributed by atoms with Gasteiger partial charge in [0.1, 0.15) is 0 Å². The van der Waals surface area contributed by atoms with E-state index in [-0.39, 0.29) is 11.9 Å². The molecule has 1 fully saturated rings. The van der Waals surface area contributed by atoms with Crippen molar-refractivity contribution >= 4 is 28.3 Å². The first-order chi connectivity index (χ1) is 14.2. The Hall–Kier alpha value is -2.96. The van der Waals surface area contributed by atoms with Crippen molar-refractivity contribution in [1.82, 2.24) is 19.7 Å². The maximum absolute atomic E-state index is 13.1. The molecule has 0 aliphatic heterocycles. The molecule has 0 bridgehead atoms. The molecule has 3 heterocycles. The van der Waals surface area contributed by atoms with Crippen LogP contribution in [0.2, 0.25) is 0 Å². The van der Waals surface area contributed by atoms with Crippen molar-refractivity contribution in [3.05, 3.63) is 42.5 Å². The van der Waals surface area contributed by atoms with E-state index >= 15 is 0 Å². The van der Waals surface area contributed by atoms with E-state index in [0.29, 0.717) is 17.2 Å². The van der Waals surface area contributed by atoms with Gasteiger partial charge in [-0.2, -0.15) is 5.10 Å². The lowest BCUT2D eigenvalue weighted by Gasteiger charge is -2.29. The van der Waals surface area contributed by atoms with Crippen LogP contribution in [0.1, 0.15) is 56.3 Å². The minimum Gasteiger partial charge on any atom is -0.381 e. The molecule has 1 unspecified atom stereocenters. The number of amides is 1. The van der Waals surface area contributed by atoms with Gasteiger partial charge in [-0.1, -0.05) is 19.3 Å². The van der Waals surface area contributed by atoms with Gasteiger partial charge in [0.15, 0.2) is 5.65 Å². The molecular formula is C22H28N6O. The second-order valence-electron chi connectivity index (χ2n) is 7.77. The number of rotatable bonds is 6. The molecule has 2 N–H and O–H groups in total. The Bertz CT molecular complexity index is 978. The van der Waals surface area contributed by atoms with Crippen molar-refractivity contribution < 1.29 is 4.79 Å². The topological polar surface area (TPSA) is 84.7 Å². The normalized spacial score (nSPS) is 15.9. The van der Waals surface area contributed by atoms with Gasteiger partial charge in [0, 0.05) is 25.0 Å². The zero-order valence-electron chi connectivity index (χ0n) is 17.1. The number of anilines is 2. The highest BCUT2D eigenvalue weighted by molar-refractivity contribution is 6.12. The standard InChI is InChI=1S/C22H28N6O/c1-3-28-21-18(14-25-28)20(26-15(2)16-8-5-4-6-9-16)19(13-24-21)22(29)27-17-10-7-11-23-12-17/h7,10-16H,3-6,8-9H2,1-2H3,(H,24,26)(H,27,29). The average Bonchev–Trinajstić information content (AvgIpc) is 3.19. The summed E-state index contributed by atoms with van der Waals surface area (Å²) in [6, 6.07) is 3.90. The number of pyridine rings is 2. The van der Waals surface area contributed by atoms with Crippen LogP contribution in [-0.2, 0) is 6.54 Å². The van der Waals surface area contributed by atoms with Crippen molar-refractivity contribution in [1.29, 1.82) is 0 Å². The van der Waals surface area contributed by atoms with E-state index in [1.54, 1.807) is 24.7 Å². The smallest absolute Gasteiger partial charge is 0.259 e. The number of nitrogens with one attached hydrogen (secondary N) is 2. The van der Waals surface area contributed by atoms with E-state index in [2.05, 4.69) is 32.6 Å². The van der Waals surface area contributed by atoms with Gasteiger partial charge >= 0.3 is 0 Å². The molecule has 0 spiro atoms. The Balaban J connectivity index is 1.69. The molecule has 1 aliphatic carbocycles. The molecular weight excluding hydrogens is 364 g/mol. The van der Waals surface area contributed by atoms with Gasteiger partial charge in [-0.3, -0.25) is 9.78 Å². The second-order valence-corrected chi connectivity index (χ2v) is 7.77. The fraction of sp³-hybridized carbons (Fsp3) is 0.455. The van der Waals surface area contributed by atoms with Gasteiger partial charge in [0.2, 0.25) is 0 Å². The van der Waals surface area contributed by atoms with E-state index < -0.39 is 0 Å². The van der Waals surface area contributed by atoms with Gasteiger partial charge in [-0.15, -0.1) is 0 Å². The molecule has 0 saturated heterocycles. The molecule has 7 heteroatoms. The maximum Gasteiger partial charge on any atom is 0.259 e. The van der Waals surface area contributed by atoms with E-state index in [0.717, 1.165) is 23.3 Å². The minimum atomic E-state index is -0.199. The number of fused-ring (bicyclic) bond motifs is 1. The highest BCUT2D eigenvalue weighted by Gasteiger charge is 2.24. The van der Waals surface area contributed by atoms with Crippen LogP contribution < -0.4 is 10.6 Å². The fourth-order valence-corrected chi connectivity index (χ4v) is 4.20. The Kier molecular flexibility index (Phi) is 5.74. The van der Waals surface area contributed by atoms with E-state index in [1.807, 2.05) is 23.9 Å². The highest BCUT2D eigenvalue weighted by Crippen LogP contribution is 2.32. The van der Waals surface area contributed by atoms with Crippen LogP contribution in [0.15, 0.2) is 36.9 Å². The van der Waals surface area contributed by atoms with Crippen LogP contribution in [0.3, 0.4) is 0 Å². The van der Waals surface area contributed by atoms with Crippen molar-refractivity contribution in [2.75, 3.05) is 10.6 Å². The van der Waals surface area contributed by atoms with Gasteiger partial charge < -0.3 is 10.6 Å². The van der Waals surface area contributed by atoms with Crippen LogP contribution in [0.5, 0.6) is 0 Å². The predicted molar refractivity (Wildman–Crippen MR) is 115 cm³/mol. The molecule has 1 saturated carbocycles. The number of aryl methyl sites for hydroxylation is 1. The molecule has 3 aromatic rings. The zero-order chi connectivity index (χ0) is 20.2. The number of aromatic nitrogens is 4. The molecule has 3 aromatic heterocycles. The first kappa shape index (κ1) is 19.4. The van der Waals surface area contributed by atoms with Crippen molar-refractivity contribution in [3.63, 3.8) is 0 Å². The second kappa shape index (κ2) is 8.59. The number of hydrogen-bond donors (Lipinski definition) is 2. The summed E-state index contributed by atoms with van der Waals surface area (Å²) in [6.45, 7) is 4.99. The summed E-state index contributed by atoms with van der Waals surface area (Å²) in [6.07, 6.45) is 13.1. The minimum absolute atomic E-state index is 0.199. The molecule has 29 heavy (non-hydrogen) atoms. The average molecular weight is 393 g/mol.